The van der Waals surface area contributed by atoms with Gasteiger partial charge in [-0.1, -0.05) is 103 Å². The molecule has 6 heteroatoms. The zero-order chi connectivity index (χ0) is 25.7. The molecule has 6 nitrogen and oxygen atoms in total. The van der Waals surface area contributed by atoms with E-state index in [0.29, 0.717) is 11.1 Å². The lowest BCUT2D eigenvalue weighted by Crippen LogP contribution is -2.44. The molecule has 3 aliphatic rings. The van der Waals surface area contributed by atoms with Crippen LogP contribution in [0.15, 0.2) is 125 Å². The Labute approximate surface area is 219 Å². The number of ketones is 1. The Morgan fingerprint density at radius 2 is 1.42 bits per heavy atom. The van der Waals surface area contributed by atoms with Gasteiger partial charge in [0, 0.05) is 11.1 Å². The second-order valence-corrected chi connectivity index (χ2v) is 9.72. The van der Waals surface area contributed by atoms with Crippen LogP contribution in [0.4, 0.5) is 0 Å². The topological polar surface area (TPSA) is 71.3 Å². The number of nitrogens with zero attached hydrogens (tertiary/aromatic N) is 3. The normalized spacial score (nSPS) is 25.1. The lowest BCUT2D eigenvalue weighted by molar-refractivity contribution is -0.140. The molecule has 1 fully saturated rings. The third kappa shape index (κ3) is 3.20. The van der Waals surface area contributed by atoms with E-state index in [1.165, 1.54) is 0 Å². The van der Waals surface area contributed by atoms with E-state index in [-0.39, 0.29) is 11.7 Å². The van der Waals surface area contributed by atoms with E-state index in [4.69, 9.17) is 14.8 Å². The smallest absolute Gasteiger partial charge is 0.344 e. The van der Waals surface area contributed by atoms with E-state index < -0.39 is 29.5 Å². The van der Waals surface area contributed by atoms with E-state index in [2.05, 4.69) is 0 Å². The SMILES string of the molecule is O=C(c1ccccc1)[C@H]1[C@H](c2ccccc2)[C@@]2(N=C(c3ccccc3)OC2=O)[C@H]2c3ccccc3C=NN12. The molecule has 38 heavy (non-hydrogen) atoms. The third-order valence-corrected chi connectivity index (χ3v) is 7.69. The van der Waals surface area contributed by atoms with Crippen molar-refractivity contribution < 1.29 is 14.3 Å². The first-order valence-electron chi connectivity index (χ1n) is 12.6. The number of hydrogen-bond acceptors (Lipinski definition) is 6. The molecule has 0 amide bonds. The fourth-order valence-electron chi connectivity index (χ4n) is 6.07. The van der Waals surface area contributed by atoms with Crippen molar-refractivity contribution in [3.63, 3.8) is 0 Å². The van der Waals surface area contributed by atoms with Gasteiger partial charge in [0.15, 0.2) is 11.3 Å². The van der Waals surface area contributed by atoms with Crippen LogP contribution in [0.3, 0.4) is 0 Å². The van der Waals surface area contributed by atoms with Gasteiger partial charge in [0.2, 0.25) is 5.90 Å². The zero-order valence-electron chi connectivity index (χ0n) is 20.3. The van der Waals surface area contributed by atoms with Crippen molar-refractivity contribution >= 4 is 23.9 Å². The maximum absolute atomic E-state index is 14.3. The molecule has 3 aliphatic heterocycles. The molecular weight excluding hydrogens is 474 g/mol. The van der Waals surface area contributed by atoms with Crippen LogP contribution in [0.2, 0.25) is 0 Å². The Kier molecular flexibility index (Phi) is 5.08. The van der Waals surface area contributed by atoms with E-state index in [0.717, 1.165) is 16.7 Å². The van der Waals surface area contributed by atoms with Gasteiger partial charge in [0.1, 0.15) is 12.1 Å². The third-order valence-electron chi connectivity index (χ3n) is 7.69. The summed E-state index contributed by atoms with van der Waals surface area (Å²) < 4.78 is 5.96. The molecule has 0 N–H and O–H groups in total. The minimum Gasteiger partial charge on any atom is -0.405 e. The van der Waals surface area contributed by atoms with Gasteiger partial charge in [0.05, 0.1) is 12.1 Å². The molecule has 184 valence electrons. The number of cyclic esters (lactones) is 1. The Hall–Kier alpha value is -4.84. The van der Waals surface area contributed by atoms with Crippen molar-refractivity contribution in [3.05, 3.63) is 143 Å². The molecule has 0 unspecified atom stereocenters. The highest BCUT2D eigenvalue weighted by atomic mass is 16.6. The van der Waals surface area contributed by atoms with Crippen LogP contribution >= 0.6 is 0 Å². The first-order valence-corrected chi connectivity index (χ1v) is 12.6. The number of aliphatic imine (C=N–C) groups is 1. The van der Waals surface area contributed by atoms with Gasteiger partial charge in [0.25, 0.3) is 0 Å². The summed E-state index contributed by atoms with van der Waals surface area (Å²) in [6, 6.07) is 34.7. The van der Waals surface area contributed by atoms with Crippen LogP contribution in [-0.4, -0.2) is 40.5 Å². The predicted molar refractivity (Wildman–Crippen MR) is 144 cm³/mol. The maximum Gasteiger partial charge on any atom is 0.344 e. The van der Waals surface area contributed by atoms with Gasteiger partial charge >= 0.3 is 5.97 Å². The monoisotopic (exact) mass is 497 g/mol. The number of esters is 1. The number of hydrazone groups is 1. The highest BCUT2D eigenvalue weighted by Gasteiger charge is 2.70. The summed E-state index contributed by atoms with van der Waals surface area (Å²) in [5, 5.41) is 6.58. The van der Waals surface area contributed by atoms with Crippen molar-refractivity contribution in [2.24, 2.45) is 10.1 Å². The summed E-state index contributed by atoms with van der Waals surface area (Å²) in [4.78, 5) is 33.6. The maximum atomic E-state index is 14.3. The first kappa shape index (κ1) is 22.4. The zero-order valence-corrected chi connectivity index (χ0v) is 20.3. The first-order chi connectivity index (χ1) is 18.7. The van der Waals surface area contributed by atoms with Gasteiger partial charge in [-0.3, -0.25) is 9.80 Å². The molecule has 0 aromatic heterocycles. The fraction of sp³-hybridized carbons (Fsp3) is 0.125. The summed E-state index contributed by atoms with van der Waals surface area (Å²) in [5.74, 6) is -0.973. The molecule has 4 aromatic carbocycles. The minimum absolute atomic E-state index is 0.117. The quantitative estimate of drug-likeness (QED) is 0.288. The van der Waals surface area contributed by atoms with Crippen molar-refractivity contribution in [1.82, 2.24) is 5.01 Å². The number of ether oxygens (including phenoxy) is 1. The standard InChI is InChI=1S/C32H23N3O3/c36-28(22-14-6-2-7-15-22)27-26(21-12-4-1-5-13-21)32(29-25-19-11-10-18-24(25)20-33-35(27)29)31(37)38-30(34-32)23-16-8-3-9-17-23/h1-20,26-27,29H/t26-,27+,29+,32+/m0/s1. The van der Waals surface area contributed by atoms with Crippen LogP contribution in [0.1, 0.15) is 44.6 Å². The number of hydrogen-bond donors (Lipinski definition) is 0. The minimum atomic E-state index is -1.42. The molecule has 3 heterocycles. The van der Waals surface area contributed by atoms with Crippen LogP contribution in [0, 0.1) is 0 Å². The second-order valence-electron chi connectivity index (χ2n) is 9.72. The molecule has 0 bridgehead atoms. The van der Waals surface area contributed by atoms with Gasteiger partial charge in [-0.15, -0.1) is 0 Å². The van der Waals surface area contributed by atoms with E-state index >= 15 is 0 Å². The number of rotatable bonds is 4. The molecule has 1 saturated heterocycles. The summed E-state index contributed by atoms with van der Waals surface area (Å²) in [6.45, 7) is 0. The molecule has 1 spiro atoms. The van der Waals surface area contributed by atoms with Crippen molar-refractivity contribution in [2.45, 2.75) is 23.5 Å². The van der Waals surface area contributed by atoms with Crippen LogP contribution in [0.5, 0.6) is 0 Å². The van der Waals surface area contributed by atoms with Gasteiger partial charge in [-0.25, -0.2) is 9.79 Å². The largest absolute Gasteiger partial charge is 0.405 e. The highest BCUT2D eigenvalue weighted by Crippen LogP contribution is 2.58. The molecule has 4 atom stereocenters. The lowest BCUT2D eigenvalue weighted by atomic mass is 9.72. The van der Waals surface area contributed by atoms with E-state index in [9.17, 15) is 9.59 Å². The lowest BCUT2D eigenvalue weighted by Gasteiger charge is -2.34. The summed E-state index contributed by atoms with van der Waals surface area (Å²) in [6.07, 6.45) is 1.76. The summed E-state index contributed by atoms with van der Waals surface area (Å²) in [5.41, 5.74) is 2.46. The molecule has 7 rings (SSSR count). The Morgan fingerprint density at radius 1 is 0.789 bits per heavy atom. The van der Waals surface area contributed by atoms with Crippen molar-refractivity contribution in [2.75, 3.05) is 0 Å². The molecule has 0 saturated carbocycles. The molecule has 0 radical (unpaired) electrons. The number of Topliss-reactive ketones (excluding diaryl/α,β-unsaturated/α-hetero) is 1. The average molecular weight is 498 g/mol. The fourth-order valence-corrected chi connectivity index (χ4v) is 6.07. The van der Waals surface area contributed by atoms with Gasteiger partial charge < -0.3 is 4.74 Å². The van der Waals surface area contributed by atoms with Crippen molar-refractivity contribution in [1.29, 1.82) is 0 Å². The molecule has 0 aliphatic carbocycles. The summed E-state index contributed by atoms with van der Waals surface area (Å²) in [7, 11) is 0. The van der Waals surface area contributed by atoms with Crippen LogP contribution in [-0.2, 0) is 9.53 Å². The molecular formula is C32H23N3O3. The predicted octanol–water partition coefficient (Wildman–Crippen LogP) is 5.17. The highest BCUT2D eigenvalue weighted by molar-refractivity contribution is 6.11. The Balaban J connectivity index is 1.52. The number of carbonyl (C=O) groups is 2. The number of benzene rings is 4. The van der Waals surface area contributed by atoms with E-state index in [1.807, 2.05) is 103 Å². The Bertz CT molecular complexity index is 1600. The van der Waals surface area contributed by atoms with Crippen LogP contribution in [0.25, 0.3) is 0 Å². The van der Waals surface area contributed by atoms with Crippen LogP contribution < -0.4 is 0 Å². The summed E-state index contributed by atoms with van der Waals surface area (Å²) >= 11 is 0. The molecule has 4 aromatic rings. The average Bonchev–Trinajstić information content (AvgIpc) is 3.49. The van der Waals surface area contributed by atoms with Gasteiger partial charge in [-0.2, -0.15) is 5.10 Å². The van der Waals surface area contributed by atoms with Gasteiger partial charge in [-0.05, 0) is 28.8 Å². The number of carbonyl (C=O) groups excluding carboxylic acids is 2. The Morgan fingerprint density at radius 3 is 2.16 bits per heavy atom. The van der Waals surface area contributed by atoms with E-state index in [1.54, 1.807) is 23.4 Å². The second kappa shape index (κ2) is 8.63. The van der Waals surface area contributed by atoms with Crippen molar-refractivity contribution in [3.8, 4) is 0 Å². The number of fused-ring (bicyclic) bond motifs is 4.